The number of carboxylic acids is 1. The van der Waals surface area contributed by atoms with Gasteiger partial charge in [-0.25, -0.2) is 4.79 Å². The number of aliphatic carboxylic acids is 1. The molecule has 108 valence electrons. The van der Waals surface area contributed by atoms with E-state index in [1.54, 1.807) is 25.1 Å². The fourth-order valence-corrected chi connectivity index (χ4v) is 1.87. The molecule has 0 bridgehead atoms. The minimum atomic E-state index is -1.000. The molecule has 0 aliphatic heterocycles. The van der Waals surface area contributed by atoms with E-state index in [1.807, 2.05) is 6.92 Å². The maximum Gasteiger partial charge on any atom is 0.328 e. The van der Waals surface area contributed by atoms with Crippen molar-refractivity contribution in [3.05, 3.63) is 52.9 Å². The molecule has 21 heavy (non-hydrogen) atoms. The van der Waals surface area contributed by atoms with Crippen molar-refractivity contribution in [3.8, 4) is 0 Å². The Morgan fingerprint density at radius 1 is 1.33 bits per heavy atom. The van der Waals surface area contributed by atoms with Gasteiger partial charge in [-0.2, -0.15) is 5.10 Å². The number of aryl methyl sites for hydroxylation is 2. The van der Waals surface area contributed by atoms with Crippen molar-refractivity contribution in [3.63, 3.8) is 0 Å². The average molecular weight is 285 g/mol. The molecule has 0 fully saturated rings. The van der Waals surface area contributed by atoms with Crippen molar-refractivity contribution in [1.82, 2.24) is 10.2 Å². The average Bonchev–Trinajstić information content (AvgIpc) is 2.85. The SMILES string of the molecule is Cc1cc(C=CC(=O)O)ccc1NC(=O)c1cn[nH]c1C. The van der Waals surface area contributed by atoms with Crippen LogP contribution in [0.25, 0.3) is 6.08 Å². The van der Waals surface area contributed by atoms with E-state index in [-0.39, 0.29) is 5.91 Å². The molecule has 1 heterocycles. The number of hydrogen-bond donors (Lipinski definition) is 3. The van der Waals surface area contributed by atoms with E-state index in [2.05, 4.69) is 15.5 Å². The van der Waals surface area contributed by atoms with Crippen LogP contribution >= 0.6 is 0 Å². The van der Waals surface area contributed by atoms with Crippen molar-refractivity contribution in [2.75, 3.05) is 5.32 Å². The fraction of sp³-hybridized carbons (Fsp3) is 0.133. The number of nitrogens with one attached hydrogen (secondary N) is 2. The highest BCUT2D eigenvalue weighted by atomic mass is 16.4. The number of aromatic nitrogens is 2. The van der Waals surface area contributed by atoms with Gasteiger partial charge in [0.15, 0.2) is 0 Å². The first-order valence-electron chi connectivity index (χ1n) is 6.30. The lowest BCUT2D eigenvalue weighted by Crippen LogP contribution is -2.13. The van der Waals surface area contributed by atoms with Gasteiger partial charge >= 0.3 is 5.97 Å². The van der Waals surface area contributed by atoms with E-state index in [0.717, 1.165) is 17.2 Å². The molecule has 0 atom stereocenters. The number of carbonyl (C=O) groups excluding carboxylic acids is 1. The second-order valence-corrected chi connectivity index (χ2v) is 4.61. The van der Waals surface area contributed by atoms with Crippen molar-refractivity contribution >= 4 is 23.6 Å². The molecule has 0 unspecified atom stereocenters. The van der Waals surface area contributed by atoms with Crippen LogP contribution in [0.3, 0.4) is 0 Å². The lowest BCUT2D eigenvalue weighted by Gasteiger charge is -2.08. The van der Waals surface area contributed by atoms with Crippen molar-refractivity contribution < 1.29 is 14.7 Å². The quantitative estimate of drug-likeness (QED) is 0.751. The number of aromatic amines is 1. The maximum absolute atomic E-state index is 12.1. The third kappa shape index (κ3) is 3.56. The summed E-state index contributed by atoms with van der Waals surface area (Å²) < 4.78 is 0. The highest BCUT2D eigenvalue weighted by Gasteiger charge is 2.11. The first kappa shape index (κ1) is 14.5. The predicted octanol–water partition coefficient (Wildman–Crippen LogP) is 2.38. The predicted molar refractivity (Wildman–Crippen MR) is 79.1 cm³/mol. The molecule has 6 nitrogen and oxygen atoms in total. The molecular formula is C15H15N3O3. The lowest BCUT2D eigenvalue weighted by molar-refractivity contribution is -0.131. The molecule has 6 heteroatoms. The molecule has 0 saturated carbocycles. The van der Waals surface area contributed by atoms with Gasteiger partial charge in [0.05, 0.1) is 11.8 Å². The zero-order chi connectivity index (χ0) is 15.4. The number of H-pyrrole nitrogens is 1. The summed E-state index contributed by atoms with van der Waals surface area (Å²) in [4.78, 5) is 22.6. The Hall–Kier alpha value is -2.89. The molecule has 3 N–H and O–H groups in total. The minimum absolute atomic E-state index is 0.238. The maximum atomic E-state index is 12.1. The molecule has 0 saturated heterocycles. The summed E-state index contributed by atoms with van der Waals surface area (Å²) in [6.07, 6.45) is 4.05. The largest absolute Gasteiger partial charge is 0.478 e. The Balaban J connectivity index is 2.16. The van der Waals surface area contributed by atoms with Crippen LogP contribution in [0.15, 0.2) is 30.5 Å². The molecule has 0 radical (unpaired) electrons. The topological polar surface area (TPSA) is 95.1 Å². The molecule has 0 aliphatic carbocycles. The van der Waals surface area contributed by atoms with Gasteiger partial charge in [0, 0.05) is 17.5 Å². The van der Waals surface area contributed by atoms with E-state index >= 15 is 0 Å². The van der Waals surface area contributed by atoms with Crippen LogP contribution in [0.5, 0.6) is 0 Å². The number of benzene rings is 1. The number of nitrogens with zero attached hydrogens (tertiary/aromatic N) is 1. The molecule has 2 aromatic rings. The van der Waals surface area contributed by atoms with E-state index in [4.69, 9.17) is 5.11 Å². The zero-order valence-corrected chi connectivity index (χ0v) is 11.7. The van der Waals surface area contributed by atoms with Crippen LogP contribution in [0.4, 0.5) is 5.69 Å². The standard InChI is InChI=1S/C15H15N3O3/c1-9-7-11(4-6-14(19)20)3-5-13(9)17-15(21)12-8-16-18-10(12)2/h3-8H,1-2H3,(H,16,18)(H,17,21)(H,19,20). The summed E-state index contributed by atoms with van der Waals surface area (Å²) in [5.41, 5.74) is 3.47. The molecule has 1 aromatic heterocycles. The van der Waals surface area contributed by atoms with Crippen LogP contribution < -0.4 is 5.32 Å². The Kier molecular flexibility index (Phi) is 4.18. The summed E-state index contributed by atoms with van der Waals surface area (Å²) in [5, 5.41) is 17.9. The number of carboxylic acid groups (broad SMARTS) is 1. The molecular weight excluding hydrogens is 270 g/mol. The van der Waals surface area contributed by atoms with Gasteiger partial charge in [0.25, 0.3) is 5.91 Å². The van der Waals surface area contributed by atoms with Crippen LogP contribution in [0.1, 0.15) is 27.2 Å². The molecule has 2 rings (SSSR count). The zero-order valence-electron chi connectivity index (χ0n) is 11.7. The van der Waals surface area contributed by atoms with E-state index in [1.165, 1.54) is 12.3 Å². The number of rotatable bonds is 4. The first-order valence-corrected chi connectivity index (χ1v) is 6.30. The van der Waals surface area contributed by atoms with E-state index < -0.39 is 5.97 Å². The molecule has 1 amide bonds. The van der Waals surface area contributed by atoms with Crippen molar-refractivity contribution in [2.24, 2.45) is 0 Å². The normalized spacial score (nSPS) is 10.8. The van der Waals surface area contributed by atoms with Crippen LogP contribution in [-0.4, -0.2) is 27.2 Å². The Bertz CT molecular complexity index is 717. The van der Waals surface area contributed by atoms with Gasteiger partial charge in [-0.3, -0.25) is 9.89 Å². The van der Waals surface area contributed by atoms with Crippen molar-refractivity contribution in [2.45, 2.75) is 13.8 Å². The lowest BCUT2D eigenvalue weighted by atomic mass is 10.1. The van der Waals surface area contributed by atoms with E-state index in [0.29, 0.717) is 16.9 Å². The number of hydrogen-bond acceptors (Lipinski definition) is 3. The highest BCUT2D eigenvalue weighted by molar-refractivity contribution is 6.05. The summed E-state index contributed by atoms with van der Waals surface area (Å²) in [5.74, 6) is -1.24. The smallest absolute Gasteiger partial charge is 0.328 e. The third-order valence-corrected chi connectivity index (χ3v) is 2.99. The third-order valence-electron chi connectivity index (χ3n) is 2.99. The molecule has 1 aromatic carbocycles. The van der Waals surface area contributed by atoms with Crippen LogP contribution in [-0.2, 0) is 4.79 Å². The number of carbonyl (C=O) groups is 2. The number of anilines is 1. The molecule has 0 spiro atoms. The minimum Gasteiger partial charge on any atom is -0.478 e. The summed E-state index contributed by atoms with van der Waals surface area (Å²) in [7, 11) is 0. The van der Waals surface area contributed by atoms with Gasteiger partial charge in [0.1, 0.15) is 0 Å². The summed E-state index contributed by atoms with van der Waals surface area (Å²) >= 11 is 0. The van der Waals surface area contributed by atoms with E-state index in [9.17, 15) is 9.59 Å². The second kappa shape index (κ2) is 6.04. The summed E-state index contributed by atoms with van der Waals surface area (Å²) in [6, 6.07) is 5.28. The van der Waals surface area contributed by atoms with Gasteiger partial charge < -0.3 is 10.4 Å². The molecule has 0 aliphatic rings. The van der Waals surface area contributed by atoms with Crippen molar-refractivity contribution in [1.29, 1.82) is 0 Å². The summed E-state index contributed by atoms with van der Waals surface area (Å²) in [6.45, 7) is 3.62. The fourth-order valence-electron chi connectivity index (χ4n) is 1.87. The highest BCUT2D eigenvalue weighted by Crippen LogP contribution is 2.18. The second-order valence-electron chi connectivity index (χ2n) is 4.61. The first-order chi connectivity index (χ1) is 9.97. The Morgan fingerprint density at radius 2 is 2.10 bits per heavy atom. The van der Waals surface area contributed by atoms with Gasteiger partial charge in [-0.1, -0.05) is 6.07 Å². The van der Waals surface area contributed by atoms with Gasteiger partial charge in [-0.05, 0) is 43.2 Å². The monoisotopic (exact) mass is 285 g/mol. The van der Waals surface area contributed by atoms with Gasteiger partial charge in [-0.15, -0.1) is 0 Å². The Labute approximate surface area is 121 Å². The van der Waals surface area contributed by atoms with Crippen LogP contribution in [0, 0.1) is 13.8 Å². The van der Waals surface area contributed by atoms with Crippen LogP contribution in [0.2, 0.25) is 0 Å². The van der Waals surface area contributed by atoms with Gasteiger partial charge in [0.2, 0.25) is 0 Å². The number of amides is 1. The Morgan fingerprint density at radius 3 is 2.67 bits per heavy atom.